The third-order valence-electron chi connectivity index (χ3n) is 1.36. The molecule has 0 N–H and O–H groups in total. The summed E-state index contributed by atoms with van der Waals surface area (Å²) in [5.41, 5.74) is 0. The molecule has 1 rings (SSSR count). The molecule has 0 aliphatic carbocycles. The Morgan fingerprint density at radius 2 is 2.15 bits per heavy atom. The SMILES string of the molecule is CSc1cccc(Cl)c1OC(F)F. The van der Waals surface area contributed by atoms with Crippen LogP contribution < -0.4 is 4.74 Å². The molecule has 0 aromatic heterocycles. The van der Waals surface area contributed by atoms with Crippen LogP contribution in [0.2, 0.25) is 5.02 Å². The highest BCUT2D eigenvalue weighted by atomic mass is 35.5. The number of alkyl halides is 2. The van der Waals surface area contributed by atoms with Crippen molar-refractivity contribution in [3.63, 3.8) is 0 Å². The first-order valence-corrected chi connectivity index (χ1v) is 5.02. The van der Waals surface area contributed by atoms with E-state index in [0.717, 1.165) is 0 Å². The van der Waals surface area contributed by atoms with Gasteiger partial charge in [-0.05, 0) is 18.4 Å². The largest absolute Gasteiger partial charge is 0.432 e. The maximum absolute atomic E-state index is 11.9. The predicted octanol–water partition coefficient (Wildman–Crippen LogP) is 3.66. The van der Waals surface area contributed by atoms with Crippen molar-refractivity contribution in [3.8, 4) is 5.75 Å². The van der Waals surface area contributed by atoms with Crippen molar-refractivity contribution in [3.05, 3.63) is 23.2 Å². The third-order valence-corrected chi connectivity index (χ3v) is 2.42. The number of ether oxygens (including phenoxy) is 1. The average Bonchev–Trinajstić information content (AvgIpc) is 2.08. The third kappa shape index (κ3) is 2.74. The van der Waals surface area contributed by atoms with Gasteiger partial charge in [0.05, 0.1) is 9.92 Å². The first-order chi connectivity index (χ1) is 6.15. The van der Waals surface area contributed by atoms with Gasteiger partial charge >= 0.3 is 6.61 Å². The molecule has 5 heteroatoms. The minimum Gasteiger partial charge on any atom is -0.432 e. The Balaban J connectivity index is 3.00. The summed E-state index contributed by atoms with van der Waals surface area (Å²) in [6, 6.07) is 4.87. The second-order valence-corrected chi connectivity index (χ2v) is 3.40. The molecule has 0 fully saturated rings. The number of thioether (sulfide) groups is 1. The van der Waals surface area contributed by atoms with E-state index in [4.69, 9.17) is 11.6 Å². The quantitative estimate of drug-likeness (QED) is 0.725. The molecule has 72 valence electrons. The highest BCUT2D eigenvalue weighted by Gasteiger charge is 2.12. The van der Waals surface area contributed by atoms with E-state index in [2.05, 4.69) is 4.74 Å². The van der Waals surface area contributed by atoms with Gasteiger partial charge in [-0.2, -0.15) is 8.78 Å². The van der Waals surface area contributed by atoms with Gasteiger partial charge in [-0.3, -0.25) is 0 Å². The zero-order chi connectivity index (χ0) is 9.84. The Morgan fingerprint density at radius 3 is 2.69 bits per heavy atom. The molecule has 0 spiro atoms. The van der Waals surface area contributed by atoms with Crippen molar-refractivity contribution in [2.24, 2.45) is 0 Å². The maximum atomic E-state index is 11.9. The molecule has 0 saturated carbocycles. The van der Waals surface area contributed by atoms with Crippen LogP contribution in [0, 0.1) is 0 Å². The first kappa shape index (κ1) is 10.6. The van der Waals surface area contributed by atoms with Crippen molar-refractivity contribution >= 4 is 23.4 Å². The molecule has 0 aliphatic rings. The van der Waals surface area contributed by atoms with E-state index < -0.39 is 6.61 Å². The lowest BCUT2D eigenvalue weighted by Crippen LogP contribution is -2.03. The summed E-state index contributed by atoms with van der Waals surface area (Å²) < 4.78 is 28.1. The van der Waals surface area contributed by atoms with E-state index in [1.807, 2.05) is 0 Å². The van der Waals surface area contributed by atoms with Gasteiger partial charge in [0, 0.05) is 0 Å². The summed E-state index contributed by atoms with van der Waals surface area (Å²) in [4.78, 5) is 0.604. The van der Waals surface area contributed by atoms with E-state index in [-0.39, 0.29) is 10.8 Å². The molecule has 1 aromatic carbocycles. The fourth-order valence-corrected chi connectivity index (χ4v) is 1.69. The average molecular weight is 225 g/mol. The molecule has 0 atom stereocenters. The van der Waals surface area contributed by atoms with Crippen molar-refractivity contribution in [2.75, 3.05) is 6.26 Å². The van der Waals surface area contributed by atoms with Crippen LogP contribution in [-0.4, -0.2) is 12.9 Å². The number of para-hydroxylation sites is 1. The zero-order valence-corrected chi connectivity index (χ0v) is 8.33. The van der Waals surface area contributed by atoms with E-state index in [1.165, 1.54) is 17.8 Å². The summed E-state index contributed by atoms with van der Waals surface area (Å²) in [5.74, 6) is 0.0478. The van der Waals surface area contributed by atoms with Crippen molar-refractivity contribution < 1.29 is 13.5 Å². The van der Waals surface area contributed by atoms with Gasteiger partial charge in [0.2, 0.25) is 0 Å². The van der Waals surface area contributed by atoms with Crippen molar-refractivity contribution in [2.45, 2.75) is 11.5 Å². The molecule has 0 bridgehead atoms. The van der Waals surface area contributed by atoms with Crippen molar-refractivity contribution in [1.82, 2.24) is 0 Å². The van der Waals surface area contributed by atoms with Gasteiger partial charge in [-0.1, -0.05) is 17.7 Å². The lowest BCUT2D eigenvalue weighted by molar-refractivity contribution is -0.0515. The molecule has 0 amide bonds. The molecule has 0 saturated heterocycles. The van der Waals surface area contributed by atoms with E-state index in [1.54, 1.807) is 18.4 Å². The van der Waals surface area contributed by atoms with Crippen LogP contribution in [0.25, 0.3) is 0 Å². The van der Waals surface area contributed by atoms with E-state index in [0.29, 0.717) is 4.90 Å². The second-order valence-electron chi connectivity index (χ2n) is 2.15. The fraction of sp³-hybridized carbons (Fsp3) is 0.250. The monoisotopic (exact) mass is 224 g/mol. The second kappa shape index (κ2) is 4.67. The van der Waals surface area contributed by atoms with Gasteiger partial charge in [-0.25, -0.2) is 0 Å². The number of hydrogen-bond donors (Lipinski definition) is 0. The molecule has 1 nitrogen and oxygen atoms in total. The summed E-state index contributed by atoms with van der Waals surface area (Å²) in [7, 11) is 0. The van der Waals surface area contributed by atoms with Crippen LogP contribution in [0.5, 0.6) is 5.75 Å². The van der Waals surface area contributed by atoms with Crippen LogP contribution in [0.15, 0.2) is 23.1 Å². The first-order valence-electron chi connectivity index (χ1n) is 3.42. The highest BCUT2D eigenvalue weighted by molar-refractivity contribution is 7.98. The topological polar surface area (TPSA) is 9.23 Å². The Labute approximate surface area is 84.0 Å². The fourth-order valence-electron chi connectivity index (χ4n) is 0.853. The van der Waals surface area contributed by atoms with Gasteiger partial charge in [-0.15, -0.1) is 11.8 Å². The van der Waals surface area contributed by atoms with Crippen molar-refractivity contribution in [1.29, 1.82) is 0 Å². The number of rotatable bonds is 3. The molecular formula is C8H7ClF2OS. The normalized spacial score (nSPS) is 10.5. The summed E-state index contributed by atoms with van der Waals surface area (Å²) in [6.45, 7) is -2.84. The molecule has 0 heterocycles. The summed E-state index contributed by atoms with van der Waals surface area (Å²) in [6.07, 6.45) is 1.77. The lowest BCUT2D eigenvalue weighted by Gasteiger charge is -2.09. The van der Waals surface area contributed by atoms with Gasteiger partial charge in [0.1, 0.15) is 0 Å². The van der Waals surface area contributed by atoms with Gasteiger partial charge < -0.3 is 4.74 Å². The van der Waals surface area contributed by atoms with Gasteiger partial charge in [0.25, 0.3) is 0 Å². The molecule has 0 aliphatic heterocycles. The Bertz CT molecular complexity index is 293. The van der Waals surface area contributed by atoms with Crippen LogP contribution in [0.4, 0.5) is 8.78 Å². The number of halogens is 3. The van der Waals surface area contributed by atoms with E-state index in [9.17, 15) is 8.78 Å². The van der Waals surface area contributed by atoms with Crippen LogP contribution in [-0.2, 0) is 0 Å². The summed E-state index contributed by atoms with van der Waals surface area (Å²) in [5, 5.41) is 0.201. The molecule has 13 heavy (non-hydrogen) atoms. The Kier molecular flexibility index (Phi) is 3.81. The Hall–Kier alpha value is -0.480. The summed E-state index contributed by atoms with van der Waals surface area (Å²) >= 11 is 6.99. The zero-order valence-electron chi connectivity index (χ0n) is 6.76. The smallest absolute Gasteiger partial charge is 0.387 e. The highest BCUT2D eigenvalue weighted by Crippen LogP contribution is 2.35. The van der Waals surface area contributed by atoms with Crippen LogP contribution in [0.3, 0.4) is 0 Å². The van der Waals surface area contributed by atoms with Crippen LogP contribution >= 0.6 is 23.4 Å². The van der Waals surface area contributed by atoms with E-state index >= 15 is 0 Å². The van der Waals surface area contributed by atoms with Gasteiger partial charge in [0.15, 0.2) is 5.75 Å². The standard InChI is InChI=1S/C8H7ClF2OS/c1-13-6-4-2-3-5(9)7(6)12-8(10)11/h2-4,8H,1H3. The number of hydrogen-bond acceptors (Lipinski definition) is 2. The molecule has 0 unspecified atom stereocenters. The number of benzene rings is 1. The Morgan fingerprint density at radius 1 is 1.46 bits per heavy atom. The predicted molar refractivity (Wildman–Crippen MR) is 49.9 cm³/mol. The maximum Gasteiger partial charge on any atom is 0.387 e. The minimum absolute atomic E-state index is 0.0478. The molecule has 1 aromatic rings. The lowest BCUT2D eigenvalue weighted by atomic mass is 10.3. The molecular weight excluding hydrogens is 218 g/mol. The van der Waals surface area contributed by atoms with Crippen LogP contribution in [0.1, 0.15) is 0 Å². The molecule has 0 radical (unpaired) electrons. The minimum atomic E-state index is -2.84.